The quantitative estimate of drug-likeness (QED) is 0.888. The van der Waals surface area contributed by atoms with Crippen LogP contribution in [0.5, 0.6) is 0 Å². The highest BCUT2D eigenvalue weighted by atomic mass is 32.1. The number of rotatable bonds is 6. The molecule has 0 aliphatic carbocycles. The van der Waals surface area contributed by atoms with Gasteiger partial charge in [0.15, 0.2) is 0 Å². The van der Waals surface area contributed by atoms with Crippen molar-refractivity contribution in [1.82, 2.24) is 9.88 Å². The number of hydrogen-bond acceptors (Lipinski definition) is 4. The first-order valence-electron chi connectivity index (χ1n) is 6.97. The Morgan fingerprint density at radius 1 is 1.25 bits per heavy atom. The predicted molar refractivity (Wildman–Crippen MR) is 85.9 cm³/mol. The van der Waals surface area contributed by atoms with Gasteiger partial charge in [-0.05, 0) is 37.6 Å². The van der Waals surface area contributed by atoms with Crippen LogP contribution in [0.4, 0.5) is 0 Å². The van der Waals surface area contributed by atoms with E-state index >= 15 is 0 Å². The van der Waals surface area contributed by atoms with E-state index in [1.54, 1.807) is 11.3 Å². The van der Waals surface area contributed by atoms with E-state index in [-0.39, 0.29) is 0 Å². The second-order valence-electron chi connectivity index (χ2n) is 5.41. The minimum Gasteiger partial charge on any atom is -0.330 e. The molecule has 0 saturated heterocycles. The van der Waals surface area contributed by atoms with Gasteiger partial charge in [-0.2, -0.15) is 0 Å². The smallest absolute Gasteiger partial charge is 0.0897 e. The van der Waals surface area contributed by atoms with Gasteiger partial charge >= 0.3 is 0 Å². The number of nitrogens with two attached hydrogens (primary N) is 1. The summed E-state index contributed by atoms with van der Waals surface area (Å²) < 4.78 is 0. The van der Waals surface area contributed by atoms with Gasteiger partial charge in [-0.25, -0.2) is 4.98 Å². The SMILES string of the molecule is Cc1nc(CN(C)Cc2ccc(C(C)CN)cc2)cs1. The fourth-order valence-electron chi connectivity index (χ4n) is 2.21. The van der Waals surface area contributed by atoms with Crippen molar-refractivity contribution >= 4 is 11.3 Å². The summed E-state index contributed by atoms with van der Waals surface area (Å²) in [6, 6.07) is 8.77. The van der Waals surface area contributed by atoms with Crippen LogP contribution in [0.3, 0.4) is 0 Å². The minimum atomic E-state index is 0.430. The van der Waals surface area contributed by atoms with Gasteiger partial charge in [-0.15, -0.1) is 11.3 Å². The average molecular weight is 289 g/mol. The van der Waals surface area contributed by atoms with E-state index < -0.39 is 0 Å². The van der Waals surface area contributed by atoms with E-state index in [0.717, 1.165) is 23.8 Å². The van der Waals surface area contributed by atoms with Crippen molar-refractivity contribution in [2.24, 2.45) is 5.73 Å². The monoisotopic (exact) mass is 289 g/mol. The summed E-state index contributed by atoms with van der Waals surface area (Å²) in [5.74, 6) is 0.430. The molecule has 1 aromatic carbocycles. The Kier molecular flexibility index (Phi) is 5.29. The predicted octanol–water partition coefficient (Wildman–Crippen LogP) is 3.15. The van der Waals surface area contributed by atoms with Crippen LogP contribution < -0.4 is 5.73 Å². The van der Waals surface area contributed by atoms with Crippen molar-refractivity contribution in [3.8, 4) is 0 Å². The Labute approximate surface area is 125 Å². The first kappa shape index (κ1) is 15.2. The first-order valence-corrected chi connectivity index (χ1v) is 7.85. The molecule has 4 heteroatoms. The van der Waals surface area contributed by atoms with E-state index in [1.807, 2.05) is 6.92 Å². The topological polar surface area (TPSA) is 42.2 Å². The van der Waals surface area contributed by atoms with Crippen LogP contribution in [-0.2, 0) is 13.1 Å². The van der Waals surface area contributed by atoms with Gasteiger partial charge in [-0.3, -0.25) is 4.90 Å². The summed E-state index contributed by atoms with van der Waals surface area (Å²) in [6.45, 7) is 6.73. The number of aryl methyl sites for hydroxylation is 1. The third kappa shape index (κ3) is 4.13. The molecular weight excluding hydrogens is 266 g/mol. The molecule has 0 radical (unpaired) electrons. The van der Waals surface area contributed by atoms with Crippen molar-refractivity contribution in [3.63, 3.8) is 0 Å². The van der Waals surface area contributed by atoms with Crippen molar-refractivity contribution in [3.05, 3.63) is 51.5 Å². The third-order valence-corrected chi connectivity index (χ3v) is 4.28. The van der Waals surface area contributed by atoms with Gasteiger partial charge < -0.3 is 5.73 Å². The number of thiazole rings is 1. The summed E-state index contributed by atoms with van der Waals surface area (Å²) in [7, 11) is 2.13. The van der Waals surface area contributed by atoms with Gasteiger partial charge in [0.2, 0.25) is 0 Å². The average Bonchev–Trinajstić information content (AvgIpc) is 2.84. The standard InChI is InChI=1S/C16H23N3S/c1-12(8-17)15-6-4-14(5-7-15)9-19(3)10-16-11-20-13(2)18-16/h4-7,11-12H,8-10,17H2,1-3H3. The first-order chi connectivity index (χ1) is 9.58. The molecule has 3 nitrogen and oxygen atoms in total. The molecule has 1 unspecified atom stereocenters. The second kappa shape index (κ2) is 6.97. The zero-order valence-electron chi connectivity index (χ0n) is 12.5. The molecule has 1 atom stereocenters. The summed E-state index contributed by atoms with van der Waals surface area (Å²) >= 11 is 1.71. The molecule has 0 fully saturated rings. The van der Waals surface area contributed by atoms with E-state index in [2.05, 4.69) is 53.5 Å². The number of nitrogens with zero attached hydrogens (tertiary/aromatic N) is 2. The number of aromatic nitrogens is 1. The Hall–Kier alpha value is -1.23. The molecule has 108 valence electrons. The normalized spacial score (nSPS) is 12.8. The van der Waals surface area contributed by atoms with Crippen molar-refractivity contribution in [1.29, 1.82) is 0 Å². The Morgan fingerprint density at radius 3 is 2.50 bits per heavy atom. The van der Waals surface area contributed by atoms with Gasteiger partial charge in [0.1, 0.15) is 0 Å². The highest BCUT2D eigenvalue weighted by Crippen LogP contribution is 2.16. The summed E-state index contributed by atoms with van der Waals surface area (Å²) in [6.07, 6.45) is 0. The molecule has 0 saturated carbocycles. The lowest BCUT2D eigenvalue weighted by Crippen LogP contribution is -2.17. The Balaban J connectivity index is 1.92. The summed E-state index contributed by atoms with van der Waals surface area (Å²) in [4.78, 5) is 6.79. The van der Waals surface area contributed by atoms with Crippen molar-refractivity contribution < 1.29 is 0 Å². The molecule has 0 aliphatic rings. The van der Waals surface area contributed by atoms with Crippen molar-refractivity contribution in [2.45, 2.75) is 32.9 Å². The molecule has 0 aliphatic heterocycles. The summed E-state index contributed by atoms with van der Waals surface area (Å²) in [5.41, 5.74) is 9.49. The van der Waals surface area contributed by atoms with Gasteiger partial charge in [0.25, 0.3) is 0 Å². The Bertz CT molecular complexity index is 533. The van der Waals surface area contributed by atoms with Crippen molar-refractivity contribution in [2.75, 3.05) is 13.6 Å². The molecule has 1 aromatic heterocycles. The molecular formula is C16H23N3S. The van der Waals surface area contributed by atoms with Crippen LogP contribution in [0.1, 0.15) is 34.7 Å². The van der Waals surface area contributed by atoms with E-state index in [4.69, 9.17) is 5.73 Å². The highest BCUT2D eigenvalue weighted by molar-refractivity contribution is 7.09. The molecule has 20 heavy (non-hydrogen) atoms. The van der Waals surface area contributed by atoms with Crippen LogP contribution in [-0.4, -0.2) is 23.5 Å². The molecule has 2 N–H and O–H groups in total. The van der Waals surface area contributed by atoms with E-state index in [1.165, 1.54) is 11.1 Å². The Morgan fingerprint density at radius 2 is 1.95 bits per heavy atom. The molecule has 0 bridgehead atoms. The third-order valence-electron chi connectivity index (χ3n) is 3.45. The van der Waals surface area contributed by atoms with Gasteiger partial charge in [-0.1, -0.05) is 31.2 Å². The molecule has 2 aromatic rings. The van der Waals surface area contributed by atoms with Crippen LogP contribution in [0.2, 0.25) is 0 Å². The lowest BCUT2D eigenvalue weighted by Gasteiger charge is -2.16. The lowest BCUT2D eigenvalue weighted by molar-refractivity contribution is 0.315. The van der Waals surface area contributed by atoms with E-state index in [0.29, 0.717) is 12.5 Å². The second-order valence-corrected chi connectivity index (χ2v) is 6.47. The maximum atomic E-state index is 5.70. The largest absolute Gasteiger partial charge is 0.330 e. The van der Waals surface area contributed by atoms with Crippen LogP contribution in [0.25, 0.3) is 0 Å². The van der Waals surface area contributed by atoms with Crippen LogP contribution in [0.15, 0.2) is 29.6 Å². The van der Waals surface area contributed by atoms with Crippen LogP contribution in [0, 0.1) is 6.92 Å². The zero-order chi connectivity index (χ0) is 14.5. The maximum absolute atomic E-state index is 5.70. The molecule has 0 spiro atoms. The molecule has 0 amide bonds. The number of benzene rings is 1. The maximum Gasteiger partial charge on any atom is 0.0897 e. The number of hydrogen-bond donors (Lipinski definition) is 1. The van der Waals surface area contributed by atoms with Gasteiger partial charge in [0, 0.05) is 18.5 Å². The minimum absolute atomic E-state index is 0.430. The molecule has 1 heterocycles. The zero-order valence-corrected chi connectivity index (χ0v) is 13.3. The summed E-state index contributed by atoms with van der Waals surface area (Å²) in [5, 5.41) is 3.27. The van der Waals surface area contributed by atoms with Gasteiger partial charge in [0.05, 0.1) is 10.7 Å². The lowest BCUT2D eigenvalue weighted by atomic mass is 10.00. The van der Waals surface area contributed by atoms with Crippen LogP contribution >= 0.6 is 11.3 Å². The fourth-order valence-corrected chi connectivity index (χ4v) is 2.82. The van der Waals surface area contributed by atoms with E-state index in [9.17, 15) is 0 Å². The fraction of sp³-hybridized carbons (Fsp3) is 0.438. The molecule has 2 rings (SSSR count). The highest BCUT2D eigenvalue weighted by Gasteiger charge is 2.06.